The SMILES string of the molecule is CCN(CC)S(=O)(=O)c1ccc(C(=O)Nc2cccc(CN3CCCC3=O)c2)cc1. The van der Waals surface area contributed by atoms with E-state index in [0.717, 1.165) is 18.5 Å². The van der Waals surface area contributed by atoms with Crippen molar-refractivity contribution in [3.05, 3.63) is 59.7 Å². The van der Waals surface area contributed by atoms with Gasteiger partial charge in [-0.05, 0) is 48.4 Å². The number of carbonyl (C=O) groups is 2. The molecule has 1 aliphatic rings. The number of sulfonamides is 1. The Morgan fingerprint density at radius 1 is 1.10 bits per heavy atom. The van der Waals surface area contributed by atoms with Crippen molar-refractivity contribution in [2.45, 2.75) is 38.1 Å². The molecule has 2 amide bonds. The van der Waals surface area contributed by atoms with Gasteiger partial charge in [-0.2, -0.15) is 4.31 Å². The average molecular weight is 430 g/mol. The number of hydrogen-bond donors (Lipinski definition) is 1. The summed E-state index contributed by atoms with van der Waals surface area (Å²) < 4.78 is 26.5. The highest BCUT2D eigenvalue weighted by molar-refractivity contribution is 7.89. The molecule has 0 aliphatic carbocycles. The van der Waals surface area contributed by atoms with E-state index in [1.165, 1.54) is 28.6 Å². The summed E-state index contributed by atoms with van der Waals surface area (Å²) in [6.07, 6.45) is 1.48. The molecule has 30 heavy (non-hydrogen) atoms. The highest BCUT2D eigenvalue weighted by atomic mass is 32.2. The maximum absolute atomic E-state index is 12.6. The van der Waals surface area contributed by atoms with Gasteiger partial charge in [0.05, 0.1) is 4.90 Å². The van der Waals surface area contributed by atoms with Gasteiger partial charge in [0.15, 0.2) is 0 Å². The van der Waals surface area contributed by atoms with E-state index in [1.54, 1.807) is 19.9 Å². The maximum atomic E-state index is 12.6. The molecule has 1 N–H and O–H groups in total. The maximum Gasteiger partial charge on any atom is 0.255 e. The van der Waals surface area contributed by atoms with Crippen LogP contribution in [-0.4, -0.2) is 49.1 Å². The van der Waals surface area contributed by atoms with Gasteiger partial charge < -0.3 is 10.2 Å². The fourth-order valence-corrected chi connectivity index (χ4v) is 4.99. The third-order valence-electron chi connectivity index (χ3n) is 5.19. The minimum atomic E-state index is -3.55. The Balaban J connectivity index is 1.69. The zero-order valence-electron chi connectivity index (χ0n) is 17.3. The van der Waals surface area contributed by atoms with E-state index in [1.807, 2.05) is 23.1 Å². The Morgan fingerprint density at radius 2 is 1.80 bits per heavy atom. The monoisotopic (exact) mass is 429 g/mol. The van der Waals surface area contributed by atoms with Crippen LogP contribution in [0.4, 0.5) is 5.69 Å². The first-order valence-electron chi connectivity index (χ1n) is 10.1. The van der Waals surface area contributed by atoms with Crippen LogP contribution in [0, 0.1) is 0 Å². The molecular weight excluding hydrogens is 402 g/mol. The smallest absolute Gasteiger partial charge is 0.255 e. The average Bonchev–Trinajstić information content (AvgIpc) is 3.13. The van der Waals surface area contributed by atoms with Crippen LogP contribution in [0.1, 0.15) is 42.6 Å². The normalized spacial score (nSPS) is 14.4. The molecule has 1 aliphatic heterocycles. The largest absolute Gasteiger partial charge is 0.338 e. The van der Waals surface area contributed by atoms with E-state index in [4.69, 9.17) is 0 Å². The fraction of sp³-hybridized carbons (Fsp3) is 0.364. The summed E-state index contributed by atoms with van der Waals surface area (Å²) in [6.45, 7) is 5.65. The molecule has 8 heteroatoms. The molecule has 0 atom stereocenters. The van der Waals surface area contributed by atoms with Crippen molar-refractivity contribution in [2.24, 2.45) is 0 Å². The van der Waals surface area contributed by atoms with Crippen molar-refractivity contribution in [3.63, 3.8) is 0 Å². The Morgan fingerprint density at radius 3 is 2.40 bits per heavy atom. The molecule has 0 unspecified atom stereocenters. The van der Waals surface area contributed by atoms with E-state index in [0.29, 0.717) is 37.3 Å². The quantitative estimate of drug-likeness (QED) is 0.699. The van der Waals surface area contributed by atoms with Gasteiger partial charge >= 0.3 is 0 Å². The highest BCUT2D eigenvalue weighted by Gasteiger charge is 2.22. The van der Waals surface area contributed by atoms with Crippen LogP contribution in [-0.2, 0) is 21.4 Å². The van der Waals surface area contributed by atoms with Gasteiger partial charge in [-0.1, -0.05) is 26.0 Å². The predicted octanol–water partition coefficient (Wildman–Crippen LogP) is 3.09. The van der Waals surface area contributed by atoms with Crippen molar-refractivity contribution in [1.29, 1.82) is 0 Å². The minimum absolute atomic E-state index is 0.157. The minimum Gasteiger partial charge on any atom is -0.338 e. The molecule has 2 aromatic carbocycles. The molecule has 0 aromatic heterocycles. The number of carbonyl (C=O) groups excluding carboxylic acids is 2. The summed E-state index contributed by atoms with van der Waals surface area (Å²) in [5, 5.41) is 2.84. The lowest BCUT2D eigenvalue weighted by molar-refractivity contribution is -0.128. The molecule has 1 fully saturated rings. The lowest BCUT2D eigenvalue weighted by Gasteiger charge is -2.18. The van der Waals surface area contributed by atoms with Gasteiger partial charge in [0.25, 0.3) is 5.91 Å². The van der Waals surface area contributed by atoms with Crippen LogP contribution in [0.25, 0.3) is 0 Å². The molecular formula is C22H27N3O4S. The molecule has 2 aromatic rings. The lowest BCUT2D eigenvalue weighted by Crippen LogP contribution is -2.30. The van der Waals surface area contributed by atoms with Crippen molar-refractivity contribution < 1.29 is 18.0 Å². The second kappa shape index (κ2) is 9.40. The summed E-state index contributed by atoms with van der Waals surface area (Å²) >= 11 is 0. The number of nitrogens with zero attached hydrogens (tertiary/aromatic N) is 2. The molecule has 7 nitrogen and oxygen atoms in total. The van der Waals surface area contributed by atoms with Gasteiger partial charge in [0.2, 0.25) is 15.9 Å². The van der Waals surface area contributed by atoms with Gasteiger partial charge in [-0.25, -0.2) is 8.42 Å². The number of amides is 2. The van der Waals surface area contributed by atoms with Gasteiger partial charge in [-0.15, -0.1) is 0 Å². The standard InChI is InChI=1S/C22H27N3O4S/c1-3-25(4-2)30(28,29)20-12-10-18(11-13-20)22(27)23-19-8-5-7-17(15-19)16-24-14-6-9-21(24)26/h5,7-8,10-13,15H,3-4,6,9,14,16H2,1-2H3,(H,23,27). The molecule has 160 valence electrons. The van der Waals surface area contributed by atoms with E-state index < -0.39 is 10.0 Å². The Labute approximate surface area is 177 Å². The van der Waals surface area contributed by atoms with Crippen LogP contribution in [0.15, 0.2) is 53.4 Å². The first-order chi connectivity index (χ1) is 14.3. The molecule has 1 heterocycles. The second-order valence-electron chi connectivity index (χ2n) is 7.19. The zero-order chi connectivity index (χ0) is 21.7. The Hall–Kier alpha value is -2.71. The summed E-state index contributed by atoms with van der Waals surface area (Å²) in [4.78, 5) is 26.4. The van der Waals surface area contributed by atoms with Crippen LogP contribution >= 0.6 is 0 Å². The molecule has 0 radical (unpaired) electrons. The number of hydrogen-bond acceptors (Lipinski definition) is 4. The van der Waals surface area contributed by atoms with Gasteiger partial charge in [-0.3, -0.25) is 9.59 Å². The predicted molar refractivity (Wildman–Crippen MR) is 116 cm³/mol. The van der Waals surface area contributed by atoms with Gasteiger partial charge in [0, 0.05) is 43.9 Å². The summed E-state index contributed by atoms with van der Waals surface area (Å²) in [6, 6.07) is 13.3. The molecule has 0 spiro atoms. The summed E-state index contributed by atoms with van der Waals surface area (Å²) in [5.41, 5.74) is 1.95. The molecule has 0 saturated carbocycles. The number of likely N-dealkylation sites (tertiary alicyclic amines) is 1. The topological polar surface area (TPSA) is 86.8 Å². The van der Waals surface area contributed by atoms with E-state index in [9.17, 15) is 18.0 Å². The summed E-state index contributed by atoms with van der Waals surface area (Å²) in [7, 11) is -3.55. The van der Waals surface area contributed by atoms with E-state index >= 15 is 0 Å². The Kier molecular flexibility index (Phi) is 6.89. The zero-order valence-corrected chi connectivity index (χ0v) is 18.1. The van der Waals surface area contributed by atoms with E-state index in [2.05, 4.69) is 5.32 Å². The van der Waals surface area contributed by atoms with Crippen molar-refractivity contribution in [1.82, 2.24) is 9.21 Å². The first-order valence-corrected chi connectivity index (χ1v) is 11.6. The van der Waals surface area contributed by atoms with Crippen molar-refractivity contribution in [3.8, 4) is 0 Å². The molecule has 1 saturated heterocycles. The van der Waals surface area contributed by atoms with Crippen LogP contribution in [0.3, 0.4) is 0 Å². The second-order valence-corrected chi connectivity index (χ2v) is 9.12. The van der Waals surface area contributed by atoms with Crippen LogP contribution in [0.5, 0.6) is 0 Å². The van der Waals surface area contributed by atoms with E-state index in [-0.39, 0.29) is 16.7 Å². The lowest BCUT2D eigenvalue weighted by atomic mass is 10.1. The number of benzene rings is 2. The van der Waals surface area contributed by atoms with Crippen LogP contribution < -0.4 is 5.32 Å². The highest BCUT2D eigenvalue weighted by Crippen LogP contribution is 2.19. The summed E-state index contributed by atoms with van der Waals surface area (Å²) in [5.74, 6) is -0.166. The third kappa shape index (κ3) is 4.88. The van der Waals surface area contributed by atoms with Crippen molar-refractivity contribution >= 4 is 27.5 Å². The number of nitrogens with one attached hydrogen (secondary N) is 1. The number of anilines is 1. The molecule has 3 rings (SSSR count). The Bertz CT molecular complexity index is 1010. The number of rotatable bonds is 8. The van der Waals surface area contributed by atoms with Crippen molar-refractivity contribution in [2.75, 3.05) is 25.0 Å². The molecule has 0 bridgehead atoms. The first kappa shape index (κ1) is 22.0. The third-order valence-corrected chi connectivity index (χ3v) is 7.25. The van der Waals surface area contributed by atoms with Gasteiger partial charge in [0.1, 0.15) is 0 Å². The van der Waals surface area contributed by atoms with Crippen LogP contribution in [0.2, 0.25) is 0 Å². The fourth-order valence-electron chi connectivity index (χ4n) is 3.53.